The van der Waals surface area contributed by atoms with E-state index >= 15 is 0 Å². The van der Waals surface area contributed by atoms with Gasteiger partial charge in [0, 0.05) is 5.39 Å². The van der Waals surface area contributed by atoms with Gasteiger partial charge in [0.15, 0.2) is 6.04 Å². The highest BCUT2D eigenvalue weighted by molar-refractivity contribution is 5.81. The summed E-state index contributed by atoms with van der Waals surface area (Å²) in [6.07, 6.45) is 0. The van der Waals surface area contributed by atoms with Crippen molar-refractivity contribution in [3.63, 3.8) is 0 Å². The summed E-state index contributed by atoms with van der Waals surface area (Å²) < 4.78 is 5.82. The zero-order valence-electron chi connectivity index (χ0n) is 14.6. The number of aliphatic carboxylic acids is 1. The van der Waals surface area contributed by atoms with Gasteiger partial charge in [-0.25, -0.2) is 0 Å². The smallest absolute Gasteiger partial charge is 0.328 e. The maximum atomic E-state index is 12.1. The Hall–Kier alpha value is -3.37. The summed E-state index contributed by atoms with van der Waals surface area (Å²) in [5.41, 5.74) is 2.66. The molecular weight excluding hydrogens is 338 g/mol. The number of hydrogen-bond donors (Lipinski definition) is 2. The number of rotatable bonds is 6. The van der Waals surface area contributed by atoms with Gasteiger partial charge in [-0.15, -0.1) is 0 Å². The molecule has 0 aliphatic carbocycles. The summed E-state index contributed by atoms with van der Waals surface area (Å²) in [5, 5.41) is 14.0. The average Bonchev–Trinajstić information content (AvgIpc) is 3.13. The average molecular weight is 357 g/mol. The molecule has 4 aromatic rings. The second-order valence-electron chi connectivity index (χ2n) is 6.38. The molecule has 1 aromatic heterocycles. The van der Waals surface area contributed by atoms with E-state index < -0.39 is 12.0 Å². The van der Waals surface area contributed by atoms with E-state index in [1.54, 1.807) is 6.07 Å². The molecule has 3 aromatic carbocycles. The largest absolute Gasteiger partial charge is 0.480 e. The molecule has 4 nitrogen and oxygen atoms in total. The zero-order chi connectivity index (χ0) is 18.6. The molecule has 4 rings (SSSR count). The van der Waals surface area contributed by atoms with Crippen LogP contribution < -0.4 is 5.32 Å². The summed E-state index contributed by atoms with van der Waals surface area (Å²) >= 11 is 0. The van der Waals surface area contributed by atoms with Crippen LogP contribution in [0.5, 0.6) is 0 Å². The molecule has 0 fully saturated rings. The van der Waals surface area contributed by atoms with E-state index in [0.29, 0.717) is 11.3 Å². The van der Waals surface area contributed by atoms with Crippen LogP contribution in [0.25, 0.3) is 11.0 Å². The minimum absolute atomic E-state index is 0.276. The SMILES string of the molecule is O=C(O)[C@@H](NC(c1ccccc1)c1ccccc1)c1cc2ccccc2o1. The van der Waals surface area contributed by atoms with Crippen molar-refractivity contribution in [1.82, 2.24) is 5.32 Å². The van der Waals surface area contributed by atoms with Crippen molar-refractivity contribution in [3.05, 3.63) is 108 Å². The lowest BCUT2D eigenvalue weighted by atomic mass is 9.97. The molecule has 0 spiro atoms. The van der Waals surface area contributed by atoms with Crippen LogP contribution in [0, 0.1) is 0 Å². The number of fused-ring (bicyclic) bond motifs is 1. The van der Waals surface area contributed by atoms with Gasteiger partial charge < -0.3 is 9.52 Å². The standard InChI is InChI=1S/C23H19NO3/c25-23(26)22(20-15-18-13-7-8-14-19(18)27-20)24-21(16-9-3-1-4-10-16)17-11-5-2-6-12-17/h1-15,21-22,24H,(H,25,26)/t22-/m0/s1. The summed E-state index contributed by atoms with van der Waals surface area (Å²) in [6, 6.07) is 27.7. The van der Waals surface area contributed by atoms with Gasteiger partial charge in [-0.2, -0.15) is 0 Å². The topological polar surface area (TPSA) is 62.5 Å². The fraction of sp³-hybridized carbons (Fsp3) is 0.0870. The van der Waals surface area contributed by atoms with E-state index in [2.05, 4.69) is 5.32 Å². The number of benzene rings is 3. The Morgan fingerprint density at radius 1 is 0.815 bits per heavy atom. The molecule has 0 aliphatic rings. The van der Waals surface area contributed by atoms with Crippen LogP contribution in [0.1, 0.15) is 29.0 Å². The first-order valence-corrected chi connectivity index (χ1v) is 8.79. The molecule has 134 valence electrons. The molecule has 27 heavy (non-hydrogen) atoms. The molecule has 0 saturated heterocycles. The third-order valence-electron chi connectivity index (χ3n) is 4.58. The van der Waals surface area contributed by atoms with Gasteiger partial charge in [0.1, 0.15) is 11.3 Å². The predicted octanol–water partition coefficient (Wildman–Crippen LogP) is 4.94. The van der Waals surface area contributed by atoms with Crippen molar-refractivity contribution in [1.29, 1.82) is 0 Å². The van der Waals surface area contributed by atoms with Crippen LogP contribution in [-0.2, 0) is 4.79 Å². The Morgan fingerprint density at radius 3 is 1.93 bits per heavy atom. The van der Waals surface area contributed by atoms with Crippen LogP contribution in [0.3, 0.4) is 0 Å². The molecule has 1 heterocycles. The molecule has 0 aliphatic heterocycles. The van der Waals surface area contributed by atoms with Crippen molar-refractivity contribution in [2.75, 3.05) is 0 Å². The third kappa shape index (κ3) is 3.61. The van der Waals surface area contributed by atoms with E-state index in [4.69, 9.17) is 4.42 Å². The Kier molecular flexibility index (Phi) is 4.73. The maximum absolute atomic E-state index is 12.1. The van der Waals surface area contributed by atoms with Gasteiger partial charge in [-0.05, 0) is 23.3 Å². The van der Waals surface area contributed by atoms with Crippen LogP contribution in [0.15, 0.2) is 95.4 Å². The minimum Gasteiger partial charge on any atom is -0.480 e. The van der Waals surface area contributed by atoms with Crippen LogP contribution in [0.4, 0.5) is 0 Å². The molecule has 0 bridgehead atoms. The molecular formula is C23H19NO3. The summed E-state index contributed by atoms with van der Waals surface area (Å²) in [4.78, 5) is 12.1. The monoisotopic (exact) mass is 357 g/mol. The fourth-order valence-electron chi connectivity index (χ4n) is 3.26. The van der Waals surface area contributed by atoms with Crippen molar-refractivity contribution in [2.24, 2.45) is 0 Å². The quantitative estimate of drug-likeness (QED) is 0.513. The van der Waals surface area contributed by atoms with Gasteiger partial charge >= 0.3 is 5.97 Å². The Labute approximate surface area is 157 Å². The highest BCUT2D eigenvalue weighted by Gasteiger charge is 2.28. The number of hydrogen-bond acceptors (Lipinski definition) is 3. The lowest BCUT2D eigenvalue weighted by molar-refractivity contribution is -0.140. The molecule has 0 radical (unpaired) electrons. The number of carboxylic acids is 1. The number of furan rings is 1. The number of nitrogens with one attached hydrogen (secondary N) is 1. The van der Waals surface area contributed by atoms with E-state index in [0.717, 1.165) is 16.5 Å². The van der Waals surface area contributed by atoms with Crippen LogP contribution in [-0.4, -0.2) is 11.1 Å². The molecule has 2 N–H and O–H groups in total. The van der Waals surface area contributed by atoms with E-state index in [1.807, 2.05) is 84.9 Å². The van der Waals surface area contributed by atoms with Gasteiger partial charge in [0.05, 0.1) is 6.04 Å². The van der Waals surface area contributed by atoms with E-state index in [1.165, 1.54) is 0 Å². The first-order chi connectivity index (χ1) is 13.2. The van der Waals surface area contributed by atoms with Gasteiger partial charge in [0.25, 0.3) is 0 Å². The fourth-order valence-corrected chi connectivity index (χ4v) is 3.26. The lowest BCUT2D eigenvalue weighted by Crippen LogP contribution is -2.32. The Bertz CT molecular complexity index is 968. The Balaban J connectivity index is 1.74. The summed E-state index contributed by atoms with van der Waals surface area (Å²) in [6.45, 7) is 0. The molecule has 0 amide bonds. The lowest BCUT2D eigenvalue weighted by Gasteiger charge is -2.23. The maximum Gasteiger partial charge on any atom is 0.328 e. The highest BCUT2D eigenvalue weighted by atomic mass is 16.4. The summed E-state index contributed by atoms with van der Waals surface area (Å²) in [5.74, 6) is -0.591. The molecule has 0 unspecified atom stereocenters. The van der Waals surface area contributed by atoms with E-state index in [9.17, 15) is 9.90 Å². The molecule has 1 atom stereocenters. The number of carbonyl (C=O) groups is 1. The first kappa shape index (κ1) is 17.1. The third-order valence-corrected chi connectivity index (χ3v) is 4.58. The second kappa shape index (κ2) is 7.48. The Morgan fingerprint density at radius 2 is 1.37 bits per heavy atom. The van der Waals surface area contributed by atoms with Gasteiger partial charge in [0.2, 0.25) is 0 Å². The van der Waals surface area contributed by atoms with Crippen molar-refractivity contribution < 1.29 is 14.3 Å². The minimum atomic E-state index is -0.981. The van der Waals surface area contributed by atoms with Crippen molar-refractivity contribution in [2.45, 2.75) is 12.1 Å². The zero-order valence-corrected chi connectivity index (χ0v) is 14.6. The van der Waals surface area contributed by atoms with Crippen LogP contribution >= 0.6 is 0 Å². The second-order valence-corrected chi connectivity index (χ2v) is 6.38. The first-order valence-electron chi connectivity index (χ1n) is 8.79. The highest BCUT2D eigenvalue weighted by Crippen LogP contribution is 2.29. The molecule has 0 saturated carbocycles. The number of carboxylic acid groups (broad SMARTS) is 1. The van der Waals surface area contributed by atoms with Gasteiger partial charge in [-0.3, -0.25) is 10.1 Å². The predicted molar refractivity (Wildman–Crippen MR) is 104 cm³/mol. The summed E-state index contributed by atoms with van der Waals surface area (Å²) in [7, 11) is 0. The van der Waals surface area contributed by atoms with Crippen molar-refractivity contribution in [3.8, 4) is 0 Å². The van der Waals surface area contributed by atoms with Gasteiger partial charge in [-0.1, -0.05) is 78.9 Å². The van der Waals surface area contributed by atoms with E-state index in [-0.39, 0.29) is 6.04 Å². The normalized spacial score (nSPS) is 12.3. The van der Waals surface area contributed by atoms with Crippen molar-refractivity contribution >= 4 is 16.9 Å². The van der Waals surface area contributed by atoms with Crippen LogP contribution in [0.2, 0.25) is 0 Å². The number of para-hydroxylation sites is 1. The molecule has 4 heteroatoms.